The standard InChI is InChI=1S/C13H26N2O2/c1-3-13(2)12-15-6-4-14(5-7-15)8-10-17-11-9-16/h3,16H,4-12H2,1-2H3/b13-3+. The summed E-state index contributed by atoms with van der Waals surface area (Å²) in [6, 6.07) is 0. The van der Waals surface area contributed by atoms with E-state index in [0.29, 0.717) is 6.61 Å². The first-order valence-corrected chi connectivity index (χ1v) is 6.51. The molecule has 0 atom stereocenters. The van der Waals surface area contributed by atoms with Crippen molar-refractivity contribution in [3.63, 3.8) is 0 Å². The lowest BCUT2D eigenvalue weighted by molar-refractivity contribution is 0.0590. The quantitative estimate of drug-likeness (QED) is 0.523. The van der Waals surface area contributed by atoms with Crippen molar-refractivity contribution in [2.75, 3.05) is 59.1 Å². The number of nitrogens with zero attached hydrogens (tertiary/aromatic N) is 2. The zero-order valence-electron chi connectivity index (χ0n) is 11.2. The predicted molar refractivity (Wildman–Crippen MR) is 70.2 cm³/mol. The van der Waals surface area contributed by atoms with Crippen LogP contribution in [-0.2, 0) is 4.74 Å². The van der Waals surface area contributed by atoms with Gasteiger partial charge < -0.3 is 9.84 Å². The third-order valence-electron chi connectivity index (χ3n) is 3.22. The number of hydrogen-bond acceptors (Lipinski definition) is 4. The molecule has 0 aromatic carbocycles. The average molecular weight is 242 g/mol. The third-order valence-corrected chi connectivity index (χ3v) is 3.22. The normalized spacial score (nSPS) is 19.8. The number of rotatable bonds is 7. The molecule has 0 unspecified atom stereocenters. The lowest BCUT2D eigenvalue weighted by Crippen LogP contribution is -2.47. The van der Waals surface area contributed by atoms with Gasteiger partial charge in [0.05, 0.1) is 19.8 Å². The molecule has 0 aromatic heterocycles. The van der Waals surface area contributed by atoms with Crippen molar-refractivity contribution in [2.24, 2.45) is 0 Å². The highest BCUT2D eigenvalue weighted by atomic mass is 16.5. The monoisotopic (exact) mass is 242 g/mol. The number of aliphatic hydroxyl groups excluding tert-OH is 1. The molecule has 0 aliphatic carbocycles. The highest BCUT2D eigenvalue weighted by molar-refractivity contribution is 4.99. The van der Waals surface area contributed by atoms with Gasteiger partial charge in [0.25, 0.3) is 0 Å². The summed E-state index contributed by atoms with van der Waals surface area (Å²) >= 11 is 0. The van der Waals surface area contributed by atoms with Crippen molar-refractivity contribution in [2.45, 2.75) is 13.8 Å². The average Bonchev–Trinajstić information content (AvgIpc) is 2.36. The molecule has 1 saturated heterocycles. The summed E-state index contributed by atoms with van der Waals surface area (Å²) < 4.78 is 5.28. The molecule has 4 heteroatoms. The summed E-state index contributed by atoms with van der Waals surface area (Å²) in [5.41, 5.74) is 1.45. The second kappa shape index (κ2) is 8.64. The third kappa shape index (κ3) is 6.17. The molecule has 0 radical (unpaired) electrons. The Morgan fingerprint density at radius 2 is 1.82 bits per heavy atom. The minimum Gasteiger partial charge on any atom is -0.394 e. The molecule has 1 N–H and O–H groups in total. The lowest BCUT2D eigenvalue weighted by atomic mass is 10.2. The Labute approximate surface area is 105 Å². The van der Waals surface area contributed by atoms with Crippen molar-refractivity contribution in [3.05, 3.63) is 11.6 Å². The van der Waals surface area contributed by atoms with E-state index in [1.807, 2.05) is 0 Å². The summed E-state index contributed by atoms with van der Waals surface area (Å²) in [4.78, 5) is 4.93. The Kier molecular flexibility index (Phi) is 7.44. The fourth-order valence-electron chi connectivity index (χ4n) is 1.98. The number of ether oxygens (including phenoxy) is 1. The summed E-state index contributed by atoms with van der Waals surface area (Å²) in [6.45, 7) is 12.2. The zero-order valence-corrected chi connectivity index (χ0v) is 11.2. The first-order chi connectivity index (χ1) is 8.26. The SMILES string of the molecule is C/C=C(\C)CN1CCN(CCOCCO)CC1. The molecule has 0 saturated carbocycles. The van der Waals surface area contributed by atoms with Gasteiger partial charge in [-0.3, -0.25) is 9.80 Å². The van der Waals surface area contributed by atoms with Gasteiger partial charge in [-0.15, -0.1) is 0 Å². The van der Waals surface area contributed by atoms with Crippen molar-refractivity contribution < 1.29 is 9.84 Å². The van der Waals surface area contributed by atoms with Crippen molar-refractivity contribution in [1.82, 2.24) is 9.80 Å². The molecular weight excluding hydrogens is 216 g/mol. The maximum atomic E-state index is 8.59. The molecular formula is C13H26N2O2. The molecule has 0 amide bonds. The van der Waals surface area contributed by atoms with Gasteiger partial charge in [0, 0.05) is 39.3 Å². The number of aliphatic hydroxyl groups is 1. The van der Waals surface area contributed by atoms with Crippen molar-refractivity contribution in [1.29, 1.82) is 0 Å². The van der Waals surface area contributed by atoms with Gasteiger partial charge in [0.2, 0.25) is 0 Å². The van der Waals surface area contributed by atoms with E-state index in [9.17, 15) is 0 Å². The molecule has 1 aliphatic rings. The van der Waals surface area contributed by atoms with E-state index in [1.165, 1.54) is 5.57 Å². The topological polar surface area (TPSA) is 35.9 Å². The smallest absolute Gasteiger partial charge is 0.0698 e. The van der Waals surface area contributed by atoms with Gasteiger partial charge in [-0.25, -0.2) is 0 Å². The van der Waals surface area contributed by atoms with Gasteiger partial charge in [-0.1, -0.05) is 11.6 Å². The van der Waals surface area contributed by atoms with Crippen LogP contribution in [0.25, 0.3) is 0 Å². The molecule has 0 spiro atoms. The largest absolute Gasteiger partial charge is 0.394 e. The Morgan fingerprint density at radius 1 is 1.18 bits per heavy atom. The summed E-state index contributed by atoms with van der Waals surface area (Å²) in [6.07, 6.45) is 2.19. The van der Waals surface area contributed by atoms with Crippen LogP contribution in [0, 0.1) is 0 Å². The highest BCUT2D eigenvalue weighted by Crippen LogP contribution is 2.04. The van der Waals surface area contributed by atoms with Crippen LogP contribution in [0.15, 0.2) is 11.6 Å². The van der Waals surface area contributed by atoms with Crippen LogP contribution >= 0.6 is 0 Å². The van der Waals surface area contributed by atoms with E-state index in [1.54, 1.807) is 0 Å². The molecule has 1 fully saturated rings. The van der Waals surface area contributed by atoms with E-state index < -0.39 is 0 Å². The van der Waals surface area contributed by atoms with E-state index in [4.69, 9.17) is 9.84 Å². The van der Waals surface area contributed by atoms with Crippen LogP contribution in [0.4, 0.5) is 0 Å². The highest BCUT2D eigenvalue weighted by Gasteiger charge is 2.16. The van der Waals surface area contributed by atoms with E-state index >= 15 is 0 Å². The number of hydrogen-bond donors (Lipinski definition) is 1. The molecule has 1 heterocycles. The molecule has 1 aliphatic heterocycles. The lowest BCUT2D eigenvalue weighted by Gasteiger charge is -2.34. The van der Waals surface area contributed by atoms with Crippen LogP contribution in [0.5, 0.6) is 0 Å². The first-order valence-electron chi connectivity index (χ1n) is 6.51. The molecule has 0 bridgehead atoms. The zero-order chi connectivity index (χ0) is 12.5. The molecule has 4 nitrogen and oxygen atoms in total. The Morgan fingerprint density at radius 3 is 2.41 bits per heavy atom. The van der Waals surface area contributed by atoms with Crippen molar-refractivity contribution >= 4 is 0 Å². The summed E-state index contributed by atoms with van der Waals surface area (Å²) in [7, 11) is 0. The van der Waals surface area contributed by atoms with Gasteiger partial charge in [0.15, 0.2) is 0 Å². The Balaban J connectivity index is 2.09. The van der Waals surface area contributed by atoms with Gasteiger partial charge in [-0.2, -0.15) is 0 Å². The number of piperazine rings is 1. The minimum absolute atomic E-state index is 0.121. The number of allylic oxidation sites excluding steroid dienone is 1. The Hall–Kier alpha value is -0.420. The molecule has 1 rings (SSSR count). The summed E-state index contributed by atoms with van der Waals surface area (Å²) in [5.74, 6) is 0. The minimum atomic E-state index is 0.121. The second-order valence-electron chi connectivity index (χ2n) is 4.59. The van der Waals surface area contributed by atoms with Crippen molar-refractivity contribution in [3.8, 4) is 0 Å². The molecule has 100 valence electrons. The predicted octanol–water partition coefficient (Wildman–Crippen LogP) is 0.579. The second-order valence-corrected chi connectivity index (χ2v) is 4.59. The van der Waals surface area contributed by atoms with Crippen LogP contribution in [0.1, 0.15) is 13.8 Å². The van der Waals surface area contributed by atoms with Crippen LogP contribution in [0.3, 0.4) is 0 Å². The van der Waals surface area contributed by atoms with Crippen LogP contribution < -0.4 is 0 Å². The summed E-state index contributed by atoms with van der Waals surface area (Å²) in [5, 5.41) is 8.59. The fraction of sp³-hybridized carbons (Fsp3) is 0.846. The van der Waals surface area contributed by atoms with Gasteiger partial charge >= 0.3 is 0 Å². The van der Waals surface area contributed by atoms with Gasteiger partial charge in [0.1, 0.15) is 0 Å². The molecule has 0 aromatic rings. The van der Waals surface area contributed by atoms with E-state index in [0.717, 1.165) is 45.9 Å². The maximum absolute atomic E-state index is 8.59. The Bertz CT molecular complexity index is 223. The molecule has 17 heavy (non-hydrogen) atoms. The fourth-order valence-corrected chi connectivity index (χ4v) is 1.98. The van der Waals surface area contributed by atoms with Crippen LogP contribution in [-0.4, -0.2) is 74.0 Å². The van der Waals surface area contributed by atoms with Crippen LogP contribution in [0.2, 0.25) is 0 Å². The van der Waals surface area contributed by atoms with E-state index in [2.05, 4.69) is 29.7 Å². The van der Waals surface area contributed by atoms with Gasteiger partial charge in [-0.05, 0) is 13.8 Å². The maximum Gasteiger partial charge on any atom is 0.0698 e. The first kappa shape index (κ1) is 14.6. The van der Waals surface area contributed by atoms with E-state index in [-0.39, 0.29) is 6.61 Å².